The van der Waals surface area contributed by atoms with Gasteiger partial charge in [-0.1, -0.05) is 12.1 Å². The van der Waals surface area contributed by atoms with Crippen molar-refractivity contribution < 1.29 is 21.6 Å². The van der Waals surface area contributed by atoms with E-state index in [1.165, 1.54) is 12.1 Å². The monoisotopic (exact) mass is 437 g/mol. The molecule has 8 nitrogen and oxygen atoms in total. The molecule has 2 heterocycles. The molecule has 1 aliphatic carbocycles. The lowest BCUT2D eigenvalue weighted by atomic mass is 9.89. The Labute approximate surface area is 168 Å². The summed E-state index contributed by atoms with van der Waals surface area (Å²) >= 11 is 0. The number of anilines is 1. The highest BCUT2D eigenvalue weighted by atomic mass is 32.2. The second-order valence-corrected chi connectivity index (χ2v) is 8.89. The normalized spacial score (nSPS) is 15.7. The molecule has 0 unspecified atom stereocenters. The number of hydrogen-bond donors (Lipinski definition) is 2. The molecule has 1 aromatic carbocycles. The molecule has 2 aromatic heterocycles. The van der Waals surface area contributed by atoms with Gasteiger partial charge in [0.1, 0.15) is 17.3 Å². The van der Waals surface area contributed by atoms with Gasteiger partial charge in [0.25, 0.3) is 5.56 Å². The van der Waals surface area contributed by atoms with Gasteiger partial charge in [-0.05, 0) is 30.5 Å². The minimum absolute atomic E-state index is 0.00902. The fraction of sp³-hybridized carbons (Fsp3) is 0.278. The summed E-state index contributed by atoms with van der Waals surface area (Å²) in [7, 11) is -3.73. The SMILES string of the molecule is CS(=O)(=O)Nc1cnc2c(C#N)c(C3(c4ccc(C(F)(F)F)cc4)CC3)[nH]n2c1=O. The largest absolute Gasteiger partial charge is 0.416 e. The van der Waals surface area contributed by atoms with E-state index < -0.39 is 32.7 Å². The van der Waals surface area contributed by atoms with Gasteiger partial charge < -0.3 is 0 Å². The van der Waals surface area contributed by atoms with Gasteiger partial charge in [0, 0.05) is 5.41 Å². The van der Waals surface area contributed by atoms with Crippen LogP contribution in [-0.4, -0.2) is 29.3 Å². The molecule has 0 radical (unpaired) electrons. The molecule has 156 valence electrons. The molecule has 2 N–H and O–H groups in total. The zero-order chi connectivity index (χ0) is 21.9. The van der Waals surface area contributed by atoms with Gasteiger partial charge in [-0.2, -0.15) is 22.9 Å². The molecule has 30 heavy (non-hydrogen) atoms. The first-order valence-corrected chi connectivity index (χ1v) is 10.6. The number of aromatic amines is 1. The molecule has 3 aromatic rings. The van der Waals surface area contributed by atoms with Crippen molar-refractivity contribution in [2.24, 2.45) is 0 Å². The lowest BCUT2D eigenvalue weighted by Gasteiger charge is -2.15. The van der Waals surface area contributed by atoms with Crippen molar-refractivity contribution in [2.75, 3.05) is 11.0 Å². The van der Waals surface area contributed by atoms with Gasteiger partial charge in [-0.25, -0.2) is 13.4 Å². The number of H-pyrrole nitrogens is 1. The molecule has 4 rings (SSSR count). The molecule has 1 fully saturated rings. The van der Waals surface area contributed by atoms with Gasteiger partial charge in [-0.15, -0.1) is 0 Å². The number of nitrogens with one attached hydrogen (secondary N) is 2. The first-order valence-electron chi connectivity index (χ1n) is 8.66. The number of aromatic nitrogens is 3. The number of alkyl halides is 3. The molecule has 0 atom stereocenters. The van der Waals surface area contributed by atoms with Crippen molar-refractivity contribution in [3.8, 4) is 6.07 Å². The Balaban J connectivity index is 1.86. The van der Waals surface area contributed by atoms with Crippen LogP contribution in [0.15, 0.2) is 35.3 Å². The summed E-state index contributed by atoms with van der Waals surface area (Å²) in [5.74, 6) is 0. The van der Waals surface area contributed by atoms with E-state index in [2.05, 4.69) is 14.8 Å². The quantitative estimate of drug-likeness (QED) is 0.649. The molecule has 0 amide bonds. The number of rotatable bonds is 4. The molecule has 12 heteroatoms. The topological polar surface area (TPSA) is 120 Å². The van der Waals surface area contributed by atoms with Crippen LogP contribution in [0.3, 0.4) is 0 Å². The number of fused-ring (bicyclic) bond motifs is 1. The molecule has 1 saturated carbocycles. The van der Waals surface area contributed by atoms with E-state index in [0.29, 0.717) is 24.1 Å². The number of hydrogen-bond acceptors (Lipinski definition) is 5. The van der Waals surface area contributed by atoms with Crippen molar-refractivity contribution in [3.63, 3.8) is 0 Å². The Morgan fingerprint density at radius 3 is 2.40 bits per heavy atom. The Bertz CT molecular complexity index is 1360. The Hall–Kier alpha value is -3.33. The van der Waals surface area contributed by atoms with Crippen LogP contribution < -0.4 is 10.3 Å². The second kappa shape index (κ2) is 6.33. The van der Waals surface area contributed by atoms with Crippen molar-refractivity contribution in [3.05, 3.63) is 63.2 Å². The average Bonchev–Trinajstić information content (AvgIpc) is 3.37. The van der Waals surface area contributed by atoms with Crippen LogP contribution in [0, 0.1) is 11.3 Å². The van der Waals surface area contributed by atoms with E-state index in [9.17, 15) is 31.6 Å². The van der Waals surface area contributed by atoms with E-state index in [4.69, 9.17) is 0 Å². The van der Waals surface area contributed by atoms with Crippen molar-refractivity contribution in [2.45, 2.75) is 24.4 Å². The van der Waals surface area contributed by atoms with Gasteiger partial charge in [0.05, 0.1) is 23.7 Å². The number of halogens is 3. The highest BCUT2D eigenvalue weighted by Crippen LogP contribution is 2.54. The summed E-state index contributed by atoms with van der Waals surface area (Å²) in [6.07, 6.45) is -1.44. The maximum atomic E-state index is 12.9. The van der Waals surface area contributed by atoms with Gasteiger partial charge in [-0.3, -0.25) is 14.6 Å². The zero-order valence-corrected chi connectivity index (χ0v) is 16.2. The third-order valence-corrected chi connectivity index (χ3v) is 5.65. The molecule has 0 aliphatic heterocycles. The zero-order valence-electron chi connectivity index (χ0n) is 15.4. The summed E-state index contributed by atoms with van der Waals surface area (Å²) in [6, 6.07) is 6.66. The van der Waals surface area contributed by atoms with Gasteiger partial charge in [0.15, 0.2) is 5.65 Å². The highest BCUT2D eigenvalue weighted by Gasteiger charge is 2.49. The smallest absolute Gasteiger partial charge is 0.291 e. The average molecular weight is 437 g/mol. The van der Waals surface area contributed by atoms with Gasteiger partial charge >= 0.3 is 6.18 Å². The van der Waals surface area contributed by atoms with Crippen LogP contribution in [0.4, 0.5) is 18.9 Å². The summed E-state index contributed by atoms with van der Waals surface area (Å²) in [6.45, 7) is 0. The van der Waals surface area contributed by atoms with E-state index in [1.807, 2.05) is 6.07 Å². The standard InChI is InChI=1S/C18H14F3N5O3S/c1-30(28,29)25-13-9-23-15-12(8-22)14(24-26(15)16(13)27)17(6-7-17)10-2-4-11(5-3-10)18(19,20)21/h2-5,9,24-25H,6-7H2,1H3. The third kappa shape index (κ3) is 3.21. The fourth-order valence-corrected chi connectivity index (χ4v) is 4.06. The lowest BCUT2D eigenvalue weighted by Crippen LogP contribution is -2.23. The van der Waals surface area contributed by atoms with Gasteiger partial charge in [0.2, 0.25) is 10.0 Å². The maximum absolute atomic E-state index is 12.9. The lowest BCUT2D eigenvalue weighted by molar-refractivity contribution is -0.137. The summed E-state index contributed by atoms with van der Waals surface area (Å²) in [5.41, 5.74) is -1.58. The fourth-order valence-electron chi connectivity index (χ4n) is 3.52. The summed E-state index contributed by atoms with van der Waals surface area (Å²) < 4.78 is 64.5. The predicted octanol–water partition coefficient (Wildman–Crippen LogP) is 2.36. The number of nitriles is 1. The third-order valence-electron chi connectivity index (χ3n) is 5.06. The maximum Gasteiger partial charge on any atom is 0.416 e. The molecule has 1 aliphatic rings. The Morgan fingerprint density at radius 1 is 1.27 bits per heavy atom. The Morgan fingerprint density at radius 2 is 1.90 bits per heavy atom. The first-order chi connectivity index (χ1) is 14.0. The van der Waals surface area contributed by atoms with Crippen molar-refractivity contribution in [1.82, 2.24) is 14.6 Å². The minimum Gasteiger partial charge on any atom is -0.291 e. The van der Waals surface area contributed by atoms with Crippen LogP contribution in [0.5, 0.6) is 0 Å². The number of benzene rings is 1. The van der Waals surface area contributed by atoms with E-state index in [-0.39, 0.29) is 16.9 Å². The van der Waals surface area contributed by atoms with Crippen LogP contribution in [0.2, 0.25) is 0 Å². The molecular formula is C18H14F3N5O3S. The predicted molar refractivity (Wildman–Crippen MR) is 100 cm³/mol. The molecular weight excluding hydrogens is 423 g/mol. The summed E-state index contributed by atoms with van der Waals surface area (Å²) in [4.78, 5) is 16.7. The minimum atomic E-state index is -4.46. The number of sulfonamides is 1. The Kier molecular flexibility index (Phi) is 4.21. The van der Waals surface area contributed by atoms with Crippen LogP contribution >= 0.6 is 0 Å². The highest BCUT2D eigenvalue weighted by molar-refractivity contribution is 7.92. The van der Waals surface area contributed by atoms with Crippen molar-refractivity contribution >= 4 is 21.4 Å². The number of nitrogens with zero attached hydrogens (tertiary/aromatic N) is 3. The molecule has 0 bridgehead atoms. The summed E-state index contributed by atoms with van der Waals surface area (Å²) in [5, 5.41) is 12.5. The second-order valence-electron chi connectivity index (χ2n) is 7.14. The van der Waals surface area contributed by atoms with E-state index in [0.717, 1.165) is 29.1 Å². The van der Waals surface area contributed by atoms with Crippen molar-refractivity contribution in [1.29, 1.82) is 5.26 Å². The van der Waals surface area contributed by atoms with E-state index in [1.54, 1.807) is 0 Å². The van der Waals surface area contributed by atoms with Crippen LogP contribution in [0.25, 0.3) is 5.65 Å². The molecule has 0 saturated heterocycles. The molecule has 0 spiro atoms. The van der Waals surface area contributed by atoms with E-state index >= 15 is 0 Å². The van der Waals surface area contributed by atoms with Crippen LogP contribution in [0.1, 0.15) is 35.2 Å². The first kappa shape index (κ1) is 20.0. The van der Waals surface area contributed by atoms with Crippen LogP contribution in [-0.2, 0) is 21.6 Å².